The Hall–Kier alpha value is -1.63. The zero-order valence-corrected chi connectivity index (χ0v) is 10.8. The largest absolute Gasteiger partial charge is 0.490 e. The molecule has 0 aromatic heterocycles. The molecular weight excluding hydrogens is 294 g/mol. The Labute approximate surface area is 106 Å². The number of benzene rings is 1. The molecule has 92 valence electrons. The van der Waals surface area contributed by atoms with Gasteiger partial charge in [0.05, 0.1) is 17.6 Å². The van der Waals surface area contributed by atoms with Gasteiger partial charge in [-0.3, -0.25) is 14.9 Å². The second-order valence-corrected chi connectivity index (χ2v) is 3.91. The number of esters is 1. The topological polar surface area (TPSA) is 78.7 Å². The van der Waals surface area contributed by atoms with E-state index in [1.54, 1.807) is 6.07 Å². The molecule has 0 aliphatic heterocycles. The Morgan fingerprint density at radius 2 is 2.18 bits per heavy atom. The number of nitrogens with zero attached hydrogens (tertiary/aromatic N) is 1. The van der Waals surface area contributed by atoms with Gasteiger partial charge >= 0.3 is 11.7 Å². The highest BCUT2D eigenvalue weighted by Crippen LogP contribution is 2.38. The highest BCUT2D eigenvalue weighted by Gasteiger charge is 2.23. The number of hydrogen-bond donors (Lipinski definition) is 0. The molecule has 0 saturated carbocycles. The first kappa shape index (κ1) is 13.4. The van der Waals surface area contributed by atoms with Gasteiger partial charge in [0, 0.05) is 13.0 Å². The van der Waals surface area contributed by atoms with Crippen LogP contribution in [0.4, 0.5) is 5.69 Å². The van der Waals surface area contributed by atoms with Crippen molar-refractivity contribution in [2.45, 2.75) is 11.9 Å². The van der Waals surface area contributed by atoms with Crippen molar-refractivity contribution in [1.29, 1.82) is 0 Å². The Kier molecular flexibility index (Phi) is 4.45. The molecule has 0 fully saturated rings. The number of ether oxygens (including phenoxy) is 2. The van der Waals surface area contributed by atoms with Crippen molar-refractivity contribution in [3.05, 3.63) is 33.9 Å². The second-order valence-electron chi connectivity index (χ2n) is 3.08. The maximum Gasteiger partial charge on any atom is 0.311 e. The summed E-state index contributed by atoms with van der Waals surface area (Å²) in [6.07, 6.45) is 0. The lowest BCUT2D eigenvalue weighted by molar-refractivity contribution is -0.385. The van der Waals surface area contributed by atoms with E-state index in [0.717, 1.165) is 0 Å². The van der Waals surface area contributed by atoms with Crippen molar-refractivity contribution in [1.82, 2.24) is 0 Å². The van der Waals surface area contributed by atoms with Crippen molar-refractivity contribution in [2.24, 2.45) is 0 Å². The number of para-hydroxylation sites is 1. The number of nitro groups is 1. The molecule has 0 aliphatic rings. The second kappa shape index (κ2) is 5.62. The molecule has 0 bridgehead atoms. The lowest BCUT2D eigenvalue weighted by Crippen LogP contribution is -2.05. The maximum absolute atomic E-state index is 10.8. The van der Waals surface area contributed by atoms with Crippen molar-refractivity contribution >= 4 is 27.6 Å². The molecule has 0 aliphatic carbocycles. The van der Waals surface area contributed by atoms with Crippen LogP contribution in [0, 0.1) is 10.1 Å². The van der Waals surface area contributed by atoms with E-state index in [9.17, 15) is 14.9 Å². The molecule has 1 unspecified atom stereocenters. The molecule has 0 N–H and O–H groups in total. The SMILES string of the molecule is COc1c(C(Br)OC(C)=O)cccc1[N+](=O)[O-]. The van der Waals surface area contributed by atoms with Crippen LogP contribution < -0.4 is 4.74 Å². The standard InChI is InChI=1S/C10H10BrNO5/c1-6(13)17-10(11)7-4-3-5-8(12(14)15)9(7)16-2/h3-5,10H,1-2H3. The van der Waals surface area contributed by atoms with Gasteiger partial charge in [0.15, 0.2) is 5.01 Å². The quantitative estimate of drug-likeness (QED) is 0.370. The van der Waals surface area contributed by atoms with Gasteiger partial charge in [-0.1, -0.05) is 12.1 Å². The summed E-state index contributed by atoms with van der Waals surface area (Å²) in [5.74, 6) is -0.430. The van der Waals surface area contributed by atoms with E-state index in [4.69, 9.17) is 9.47 Å². The van der Waals surface area contributed by atoms with Gasteiger partial charge in [-0.15, -0.1) is 0 Å². The third kappa shape index (κ3) is 3.16. The Bertz CT molecular complexity index is 448. The molecule has 7 heteroatoms. The zero-order chi connectivity index (χ0) is 13.0. The van der Waals surface area contributed by atoms with E-state index in [0.29, 0.717) is 5.56 Å². The highest BCUT2D eigenvalue weighted by atomic mass is 79.9. The molecule has 0 saturated heterocycles. The molecule has 1 aromatic rings. The van der Waals surface area contributed by atoms with Gasteiger partial charge in [0.25, 0.3) is 0 Å². The normalized spacial score (nSPS) is 11.7. The summed E-state index contributed by atoms with van der Waals surface area (Å²) in [7, 11) is 1.32. The van der Waals surface area contributed by atoms with E-state index < -0.39 is 15.9 Å². The van der Waals surface area contributed by atoms with E-state index in [1.165, 1.54) is 26.2 Å². The third-order valence-electron chi connectivity index (χ3n) is 1.94. The lowest BCUT2D eigenvalue weighted by atomic mass is 10.2. The minimum atomic E-state index is -0.783. The molecule has 1 atom stereocenters. The predicted octanol–water partition coefficient (Wildman–Crippen LogP) is 2.56. The predicted molar refractivity (Wildman–Crippen MR) is 63.1 cm³/mol. The van der Waals surface area contributed by atoms with Crippen LogP contribution in [0.2, 0.25) is 0 Å². The Morgan fingerprint density at radius 3 is 2.65 bits per heavy atom. The number of nitro benzene ring substituents is 1. The summed E-state index contributed by atoms with van der Waals surface area (Å²) in [6.45, 7) is 1.25. The first-order chi connectivity index (χ1) is 7.97. The Balaban J connectivity index is 3.19. The Morgan fingerprint density at radius 1 is 1.53 bits per heavy atom. The van der Waals surface area contributed by atoms with Gasteiger partial charge in [-0.05, 0) is 15.9 Å². The first-order valence-electron chi connectivity index (χ1n) is 4.60. The molecule has 0 radical (unpaired) electrons. The lowest BCUT2D eigenvalue weighted by Gasteiger charge is -2.13. The molecule has 1 rings (SSSR count). The van der Waals surface area contributed by atoms with Crippen LogP contribution in [-0.4, -0.2) is 18.0 Å². The number of alkyl halides is 1. The number of carbonyl (C=O) groups is 1. The van der Waals surface area contributed by atoms with E-state index in [-0.39, 0.29) is 11.4 Å². The summed E-state index contributed by atoms with van der Waals surface area (Å²) in [5, 5.41) is 10.00. The summed E-state index contributed by atoms with van der Waals surface area (Å²) in [6, 6.07) is 4.39. The van der Waals surface area contributed by atoms with Crippen LogP contribution in [0.3, 0.4) is 0 Å². The number of methoxy groups -OCH3 is 1. The van der Waals surface area contributed by atoms with E-state index in [2.05, 4.69) is 15.9 Å². The van der Waals surface area contributed by atoms with Gasteiger partial charge in [-0.25, -0.2) is 0 Å². The van der Waals surface area contributed by atoms with E-state index >= 15 is 0 Å². The van der Waals surface area contributed by atoms with Gasteiger partial charge in [0.2, 0.25) is 5.75 Å². The highest BCUT2D eigenvalue weighted by molar-refractivity contribution is 9.09. The van der Waals surface area contributed by atoms with Crippen molar-refractivity contribution in [3.8, 4) is 5.75 Å². The van der Waals surface area contributed by atoms with Crippen LogP contribution >= 0.6 is 15.9 Å². The fraction of sp³-hybridized carbons (Fsp3) is 0.300. The van der Waals surface area contributed by atoms with Crippen molar-refractivity contribution in [3.63, 3.8) is 0 Å². The number of halogens is 1. The molecule has 6 nitrogen and oxygen atoms in total. The van der Waals surface area contributed by atoms with Crippen molar-refractivity contribution in [2.75, 3.05) is 7.11 Å². The fourth-order valence-electron chi connectivity index (χ4n) is 1.30. The molecule has 0 heterocycles. The molecular formula is C10H10BrNO5. The number of carbonyl (C=O) groups excluding carboxylic acids is 1. The van der Waals surface area contributed by atoms with Gasteiger partial charge < -0.3 is 9.47 Å². The van der Waals surface area contributed by atoms with Gasteiger partial charge in [-0.2, -0.15) is 0 Å². The molecule has 1 aromatic carbocycles. The summed E-state index contributed by atoms with van der Waals surface area (Å²) in [5.41, 5.74) is 0.207. The van der Waals surface area contributed by atoms with Gasteiger partial charge in [0.1, 0.15) is 0 Å². The minimum Gasteiger partial charge on any atom is -0.490 e. The zero-order valence-electron chi connectivity index (χ0n) is 9.18. The summed E-state index contributed by atoms with van der Waals surface area (Å²) in [4.78, 5) is 21.0. The van der Waals surface area contributed by atoms with Crippen molar-refractivity contribution < 1.29 is 19.2 Å². The monoisotopic (exact) mass is 303 g/mol. The van der Waals surface area contributed by atoms with Crippen LogP contribution in [0.15, 0.2) is 18.2 Å². The van der Waals surface area contributed by atoms with E-state index in [1.807, 2.05) is 0 Å². The maximum atomic E-state index is 10.8. The fourth-order valence-corrected chi connectivity index (χ4v) is 1.92. The van der Waals surface area contributed by atoms with Crippen LogP contribution in [0.25, 0.3) is 0 Å². The summed E-state index contributed by atoms with van der Waals surface area (Å²) >= 11 is 3.12. The van der Waals surface area contributed by atoms with Crippen LogP contribution in [0.1, 0.15) is 17.5 Å². The number of hydrogen-bond acceptors (Lipinski definition) is 5. The smallest absolute Gasteiger partial charge is 0.311 e. The molecule has 17 heavy (non-hydrogen) atoms. The average Bonchev–Trinajstić information content (AvgIpc) is 2.26. The number of rotatable bonds is 4. The summed E-state index contributed by atoms with van der Waals surface area (Å²) < 4.78 is 9.87. The van der Waals surface area contributed by atoms with Crippen LogP contribution in [-0.2, 0) is 9.53 Å². The molecule has 0 spiro atoms. The molecule has 0 amide bonds. The minimum absolute atomic E-state index is 0.0700. The van der Waals surface area contributed by atoms with Crippen LogP contribution in [0.5, 0.6) is 5.75 Å². The third-order valence-corrected chi connectivity index (χ3v) is 2.62. The first-order valence-corrected chi connectivity index (χ1v) is 5.51. The average molecular weight is 304 g/mol.